The van der Waals surface area contributed by atoms with Crippen LogP contribution in [0.15, 0.2) is 4.52 Å². The number of carbonyl (C=O) groups is 1. The molecule has 0 aliphatic carbocycles. The van der Waals surface area contributed by atoms with Gasteiger partial charge in [-0.25, -0.2) is 4.79 Å². The summed E-state index contributed by atoms with van der Waals surface area (Å²) in [6.07, 6.45) is 2.51. The average molecular weight is 227 g/mol. The lowest BCUT2D eigenvalue weighted by Crippen LogP contribution is -2.37. The maximum Gasteiger partial charge on any atom is 0.314 e. The molecule has 16 heavy (non-hydrogen) atoms. The zero-order valence-electron chi connectivity index (χ0n) is 9.32. The van der Waals surface area contributed by atoms with E-state index in [0.717, 1.165) is 12.8 Å². The van der Waals surface area contributed by atoms with E-state index in [1.165, 1.54) is 0 Å². The zero-order valence-corrected chi connectivity index (χ0v) is 9.32. The minimum atomic E-state index is -0.180. The van der Waals surface area contributed by atoms with Crippen LogP contribution in [0.5, 0.6) is 0 Å². The summed E-state index contributed by atoms with van der Waals surface area (Å²) in [5.41, 5.74) is 5.28. The molecule has 0 radical (unpaired) electrons. The second kappa shape index (κ2) is 6.65. The molecule has 0 saturated heterocycles. The van der Waals surface area contributed by atoms with Gasteiger partial charge in [-0.2, -0.15) is 4.98 Å². The summed E-state index contributed by atoms with van der Waals surface area (Å²) >= 11 is 0. The molecule has 1 rings (SSSR count). The molecular weight excluding hydrogens is 210 g/mol. The first kappa shape index (κ1) is 12.3. The topological polar surface area (TPSA) is 106 Å². The van der Waals surface area contributed by atoms with Crippen LogP contribution in [0.3, 0.4) is 0 Å². The Bertz CT molecular complexity index is 325. The van der Waals surface area contributed by atoms with Gasteiger partial charge in [-0.15, -0.1) is 0 Å². The Balaban J connectivity index is 2.08. The van der Waals surface area contributed by atoms with Crippen LogP contribution >= 0.6 is 0 Å². The minimum Gasteiger partial charge on any atom is -0.365 e. The number of rotatable bonds is 6. The van der Waals surface area contributed by atoms with Gasteiger partial charge in [0.25, 0.3) is 5.95 Å². The van der Waals surface area contributed by atoms with Gasteiger partial charge in [0.1, 0.15) is 0 Å². The number of hydrogen-bond acceptors (Lipinski definition) is 5. The molecule has 0 aliphatic rings. The Morgan fingerprint density at radius 3 is 2.81 bits per heavy atom. The van der Waals surface area contributed by atoms with Crippen LogP contribution < -0.4 is 16.4 Å². The molecule has 1 aromatic heterocycles. The normalized spacial score (nSPS) is 10.1. The van der Waals surface area contributed by atoms with E-state index in [1.807, 2.05) is 0 Å². The first-order valence-electron chi connectivity index (χ1n) is 5.32. The predicted octanol–water partition coefficient (Wildman–Crippen LogP) is 0.294. The fourth-order valence-corrected chi connectivity index (χ4v) is 1.09. The van der Waals surface area contributed by atoms with Crippen molar-refractivity contribution >= 4 is 12.0 Å². The number of anilines is 1. The number of urea groups is 1. The summed E-state index contributed by atoms with van der Waals surface area (Å²) in [7, 11) is 0. The second-order valence-electron chi connectivity index (χ2n) is 3.33. The Hall–Kier alpha value is -1.79. The highest BCUT2D eigenvalue weighted by atomic mass is 16.5. The van der Waals surface area contributed by atoms with Gasteiger partial charge in [-0.05, 0) is 11.6 Å². The van der Waals surface area contributed by atoms with E-state index in [1.54, 1.807) is 0 Å². The maximum atomic E-state index is 11.2. The molecule has 0 aromatic carbocycles. The van der Waals surface area contributed by atoms with Gasteiger partial charge in [0, 0.05) is 19.5 Å². The number of amides is 2. The molecule has 4 N–H and O–H groups in total. The molecule has 0 atom stereocenters. The molecule has 90 valence electrons. The highest BCUT2D eigenvalue weighted by Gasteiger charge is 2.03. The first-order valence-corrected chi connectivity index (χ1v) is 5.32. The van der Waals surface area contributed by atoms with Crippen LogP contribution in [-0.2, 0) is 6.42 Å². The molecule has 0 bridgehead atoms. The fraction of sp³-hybridized carbons (Fsp3) is 0.667. The number of aromatic nitrogens is 2. The third-order valence-corrected chi connectivity index (χ3v) is 1.92. The van der Waals surface area contributed by atoms with E-state index in [-0.39, 0.29) is 12.0 Å². The summed E-state index contributed by atoms with van der Waals surface area (Å²) in [6.45, 7) is 3.20. The van der Waals surface area contributed by atoms with Crippen LogP contribution in [0, 0.1) is 0 Å². The SMILES string of the molecule is CCCCNC(=O)NCCc1nc(N)no1. The van der Waals surface area contributed by atoms with Crippen molar-refractivity contribution in [3.63, 3.8) is 0 Å². The molecule has 2 amide bonds. The standard InChI is InChI=1S/C9H17N5O2/c1-2-3-5-11-9(15)12-6-4-7-13-8(10)14-16-7/h2-6H2,1H3,(H2,10,14)(H2,11,12,15). The highest BCUT2D eigenvalue weighted by molar-refractivity contribution is 5.73. The van der Waals surface area contributed by atoms with E-state index < -0.39 is 0 Å². The number of hydrogen-bond donors (Lipinski definition) is 3. The third kappa shape index (κ3) is 4.63. The number of carbonyl (C=O) groups excluding carboxylic acids is 1. The van der Waals surface area contributed by atoms with E-state index in [2.05, 4.69) is 27.7 Å². The van der Waals surface area contributed by atoms with E-state index in [4.69, 9.17) is 10.3 Å². The Morgan fingerprint density at radius 1 is 1.44 bits per heavy atom. The Labute approximate surface area is 93.8 Å². The summed E-state index contributed by atoms with van der Waals surface area (Å²) in [5, 5.41) is 8.85. The van der Waals surface area contributed by atoms with Gasteiger partial charge in [-0.1, -0.05) is 13.3 Å². The summed E-state index contributed by atoms with van der Waals surface area (Å²) in [4.78, 5) is 15.0. The quantitative estimate of drug-likeness (QED) is 0.606. The van der Waals surface area contributed by atoms with E-state index in [9.17, 15) is 4.79 Å². The molecule has 7 heteroatoms. The third-order valence-electron chi connectivity index (χ3n) is 1.92. The van der Waals surface area contributed by atoms with Crippen molar-refractivity contribution in [1.29, 1.82) is 0 Å². The summed E-state index contributed by atoms with van der Waals surface area (Å²) in [5.74, 6) is 0.536. The van der Waals surface area contributed by atoms with E-state index in [0.29, 0.717) is 25.4 Å². The largest absolute Gasteiger partial charge is 0.365 e. The van der Waals surface area contributed by atoms with Gasteiger partial charge in [-0.3, -0.25) is 0 Å². The summed E-state index contributed by atoms with van der Waals surface area (Å²) < 4.78 is 4.79. The number of nitrogens with two attached hydrogens (primary N) is 1. The molecule has 0 unspecified atom stereocenters. The highest BCUT2D eigenvalue weighted by Crippen LogP contribution is 1.97. The number of nitrogens with zero attached hydrogens (tertiary/aromatic N) is 2. The zero-order chi connectivity index (χ0) is 11.8. The molecule has 0 spiro atoms. The Kier molecular flexibility index (Phi) is 5.10. The fourth-order valence-electron chi connectivity index (χ4n) is 1.09. The van der Waals surface area contributed by atoms with Crippen LogP contribution in [0.2, 0.25) is 0 Å². The van der Waals surface area contributed by atoms with Crippen molar-refractivity contribution in [1.82, 2.24) is 20.8 Å². The number of unbranched alkanes of at least 4 members (excludes halogenated alkanes) is 1. The average Bonchev–Trinajstić information content (AvgIpc) is 2.65. The Morgan fingerprint density at radius 2 is 2.19 bits per heavy atom. The lowest BCUT2D eigenvalue weighted by atomic mass is 10.3. The van der Waals surface area contributed by atoms with Crippen molar-refractivity contribution in [3.8, 4) is 0 Å². The first-order chi connectivity index (χ1) is 7.72. The van der Waals surface area contributed by atoms with Gasteiger partial charge in [0.2, 0.25) is 5.89 Å². The lowest BCUT2D eigenvalue weighted by molar-refractivity contribution is 0.240. The predicted molar refractivity (Wildman–Crippen MR) is 58.7 cm³/mol. The molecule has 0 fully saturated rings. The van der Waals surface area contributed by atoms with Crippen molar-refractivity contribution in [2.75, 3.05) is 18.8 Å². The van der Waals surface area contributed by atoms with Gasteiger partial charge in [0.05, 0.1) is 0 Å². The van der Waals surface area contributed by atoms with Crippen molar-refractivity contribution in [2.24, 2.45) is 0 Å². The molecule has 1 aromatic rings. The van der Waals surface area contributed by atoms with Crippen molar-refractivity contribution in [3.05, 3.63) is 5.89 Å². The van der Waals surface area contributed by atoms with Crippen LogP contribution in [0.1, 0.15) is 25.7 Å². The molecule has 7 nitrogen and oxygen atoms in total. The van der Waals surface area contributed by atoms with Crippen LogP contribution in [-0.4, -0.2) is 29.3 Å². The van der Waals surface area contributed by atoms with Crippen LogP contribution in [0.4, 0.5) is 10.7 Å². The van der Waals surface area contributed by atoms with Gasteiger partial charge < -0.3 is 20.9 Å². The van der Waals surface area contributed by atoms with Crippen molar-refractivity contribution < 1.29 is 9.32 Å². The summed E-state index contributed by atoms with van der Waals surface area (Å²) in [6, 6.07) is -0.180. The van der Waals surface area contributed by atoms with Gasteiger partial charge in [0.15, 0.2) is 0 Å². The lowest BCUT2D eigenvalue weighted by Gasteiger charge is -2.05. The molecule has 0 aliphatic heterocycles. The molecule has 0 saturated carbocycles. The smallest absolute Gasteiger partial charge is 0.314 e. The number of nitrogen functional groups attached to an aromatic ring is 1. The van der Waals surface area contributed by atoms with E-state index >= 15 is 0 Å². The monoisotopic (exact) mass is 227 g/mol. The maximum absolute atomic E-state index is 11.2. The number of nitrogens with one attached hydrogen (secondary N) is 2. The van der Waals surface area contributed by atoms with Crippen molar-refractivity contribution in [2.45, 2.75) is 26.2 Å². The van der Waals surface area contributed by atoms with Crippen LogP contribution in [0.25, 0.3) is 0 Å². The molecule has 1 heterocycles. The molecular formula is C9H17N5O2. The van der Waals surface area contributed by atoms with Gasteiger partial charge >= 0.3 is 6.03 Å². The second-order valence-corrected chi connectivity index (χ2v) is 3.33. The minimum absolute atomic E-state index is 0.113.